The number of carbonyl (C=O) groups is 12. The van der Waals surface area contributed by atoms with Gasteiger partial charge in [-0.05, 0) is 120 Å². The van der Waals surface area contributed by atoms with Gasteiger partial charge in [-0.3, -0.25) is 72.5 Å². The molecule has 36 nitrogen and oxygen atoms in total. The highest BCUT2D eigenvalue weighted by molar-refractivity contribution is 6.00. The highest BCUT2D eigenvalue weighted by Crippen LogP contribution is 2.22. The van der Waals surface area contributed by atoms with Gasteiger partial charge in [0.2, 0.25) is 70.9 Å². The molecule has 2 aromatic carbocycles. The van der Waals surface area contributed by atoms with Crippen molar-refractivity contribution in [1.82, 2.24) is 58.1 Å². The van der Waals surface area contributed by atoms with Gasteiger partial charge in [0.25, 0.3) is 0 Å². The van der Waals surface area contributed by atoms with Gasteiger partial charge in [0.1, 0.15) is 66.2 Å². The van der Waals surface area contributed by atoms with Crippen molar-refractivity contribution in [3.63, 3.8) is 0 Å². The Kier molecular flexibility index (Phi) is 34.1. The number of amides is 12. The second kappa shape index (κ2) is 41.7. The molecule has 546 valence electrons. The van der Waals surface area contributed by atoms with Gasteiger partial charge >= 0.3 is 0 Å². The lowest BCUT2D eigenvalue weighted by molar-refractivity contribution is -0.142. The van der Waals surface area contributed by atoms with Crippen molar-refractivity contribution in [3.05, 3.63) is 65.7 Å². The lowest BCUT2D eigenvalue weighted by Crippen LogP contribution is -2.63. The summed E-state index contributed by atoms with van der Waals surface area (Å²) >= 11 is 0. The molecule has 2 fully saturated rings. The van der Waals surface area contributed by atoms with Gasteiger partial charge in [-0.2, -0.15) is 0 Å². The molecule has 0 bridgehead atoms. The van der Waals surface area contributed by atoms with Crippen LogP contribution in [0.25, 0.3) is 0 Å². The van der Waals surface area contributed by atoms with E-state index >= 15 is 0 Å². The predicted molar refractivity (Wildman–Crippen MR) is 367 cm³/mol. The van der Waals surface area contributed by atoms with Crippen molar-refractivity contribution in [1.29, 1.82) is 0 Å². The average Bonchev–Trinajstić information content (AvgIpc) is 1.78. The van der Waals surface area contributed by atoms with Crippen molar-refractivity contribution in [2.45, 2.75) is 184 Å². The summed E-state index contributed by atoms with van der Waals surface area (Å²) in [6.07, 6.45) is 0.956. The van der Waals surface area contributed by atoms with E-state index in [2.05, 4.69) is 68.1 Å². The minimum atomic E-state index is -1.76. The zero-order valence-corrected chi connectivity index (χ0v) is 56.3. The Hall–Kier alpha value is -10.4. The number of unbranched alkanes of at least 4 members (excludes halogenated alkanes) is 1. The number of nitrogens with one attached hydrogen (secondary N) is 10. The molecule has 0 unspecified atom stereocenters. The second-order valence-corrected chi connectivity index (χ2v) is 24.4. The van der Waals surface area contributed by atoms with E-state index in [0.717, 1.165) is 0 Å². The number of phenols is 1. The standard InChI is InChI=1S/C63H101N23O13/c1-4-34(2)49(59(98)81-43(19-12-28-75-63(71)72)60(99)86-29-13-20-47(86)58(97)78-40(50(66)89)16-8-9-25-64)85-54(93)42(18-11-27-74-62(69)70)79-53(92)41(17-10-26-73-61(67)68)80-57(96)46-33-76-48(88)32-45(83-52(91)39(65)30-37-21-23-38(87)24-22-37)55(94)77-35(3)51(90)82-44(56(95)84-46)31-36-14-6-5-7-15-36/h5-7,14-15,21-24,34-35,39-47,49,87H,4,8-13,16-20,25-33,64-65H2,1-3H3,(H2,66,89)(H,76,88)(H,77,94)(H,78,97)(H,79,92)(H,80,96)(H,81,98)(H,82,90)(H,83,91)(H,84,95)(H,85,93)(H4,67,68,73)(H4,69,70,74)(H4,71,72,75)/t34-,35-,39-,40-,41-,42-,43-,44-,45+,46-,47-,49-/m0/s1. The molecule has 36 heteroatoms. The zero-order chi connectivity index (χ0) is 73.3. The summed E-state index contributed by atoms with van der Waals surface area (Å²) < 4.78 is 0. The van der Waals surface area contributed by atoms with Crippen LogP contribution in [0.15, 0.2) is 69.6 Å². The number of aromatic hydroxyl groups is 1. The number of nitrogens with two attached hydrogens (primary N) is 9. The molecule has 29 N–H and O–H groups in total. The first-order valence-corrected chi connectivity index (χ1v) is 33.1. The number of hydrogen-bond acceptors (Lipinski definition) is 18. The summed E-state index contributed by atoms with van der Waals surface area (Å²) in [6, 6.07) is -1.14. The highest BCUT2D eigenvalue weighted by atomic mass is 16.3. The van der Waals surface area contributed by atoms with Crippen LogP contribution in [-0.2, 0) is 70.4 Å². The number of hydrogen-bond donors (Lipinski definition) is 20. The molecule has 0 radical (unpaired) electrons. The fourth-order valence-electron chi connectivity index (χ4n) is 10.8. The normalized spacial score (nSPS) is 19.4. The van der Waals surface area contributed by atoms with E-state index in [1.165, 1.54) is 36.1 Å². The first-order chi connectivity index (χ1) is 47.0. The second-order valence-electron chi connectivity index (χ2n) is 24.4. The molecule has 4 rings (SSSR count). The maximum absolute atomic E-state index is 14.9. The Morgan fingerprint density at radius 1 is 0.626 bits per heavy atom. The number of primary amides is 1. The fourth-order valence-corrected chi connectivity index (χ4v) is 10.8. The molecule has 12 atom stereocenters. The maximum atomic E-state index is 14.9. The Morgan fingerprint density at radius 2 is 1.18 bits per heavy atom. The Balaban J connectivity index is 1.70. The average molecular weight is 1390 g/mol. The van der Waals surface area contributed by atoms with Gasteiger partial charge in [-0.1, -0.05) is 62.7 Å². The maximum Gasteiger partial charge on any atom is 0.245 e. The Bertz CT molecular complexity index is 3160. The fraction of sp³-hybridized carbons (Fsp3) is 0.571. The molecule has 0 saturated carbocycles. The minimum absolute atomic E-state index is 0.0105. The number of carbonyl (C=O) groups excluding carboxylic acids is 12. The molecule has 99 heavy (non-hydrogen) atoms. The molecule has 2 aliphatic heterocycles. The molecule has 12 amide bonds. The van der Waals surface area contributed by atoms with Crippen molar-refractivity contribution in [3.8, 4) is 5.75 Å². The SMILES string of the molecule is CC[C@H](C)[C@H](NC(=O)[C@H](CCCN=C(N)N)NC(=O)[C@H](CCCN=C(N)N)NC(=O)[C@@H]1CNC(=O)C[C@@H](NC(=O)[C@@H](N)Cc2ccc(O)cc2)C(=O)N[C@@H](C)C(=O)N[C@@H](Cc2ccccc2)C(=O)N1)C(=O)N[C@@H](CCCN=C(N)N)C(=O)N1CCC[C@H]1C(=O)N[C@@H](CCCCN)C(N)=O. The number of rotatable bonds is 36. The summed E-state index contributed by atoms with van der Waals surface area (Å²) in [5.41, 5.74) is 52.2. The third-order valence-electron chi connectivity index (χ3n) is 16.5. The summed E-state index contributed by atoms with van der Waals surface area (Å²) in [5.74, 6) is -11.9. The van der Waals surface area contributed by atoms with Crippen LogP contribution >= 0.6 is 0 Å². The lowest BCUT2D eigenvalue weighted by Gasteiger charge is -2.32. The minimum Gasteiger partial charge on any atom is -0.508 e. The summed E-state index contributed by atoms with van der Waals surface area (Å²) in [4.78, 5) is 183. The van der Waals surface area contributed by atoms with E-state index in [0.29, 0.717) is 36.9 Å². The van der Waals surface area contributed by atoms with Gasteiger partial charge in [0, 0.05) is 39.1 Å². The number of benzene rings is 2. The molecule has 2 aromatic rings. The van der Waals surface area contributed by atoms with E-state index in [1.54, 1.807) is 44.2 Å². The lowest BCUT2D eigenvalue weighted by atomic mass is 9.96. The predicted octanol–water partition coefficient (Wildman–Crippen LogP) is -6.78. The van der Waals surface area contributed by atoms with Crippen LogP contribution in [0.2, 0.25) is 0 Å². The summed E-state index contributed by atoms with van der Waals surface area (Å²) in [6.45, 7) is 4.38. The van der Waals surface area contributed by atoms with Crippen LogP contribution in [0, 0.1) is 5.92 Å². The van der Waals surface area contributed by atoms with Crippen LogP contribution in [0.3, 0.4) is 0 Å². The molecular weight excluding hydrogens is 1290 g/mol. The monoisotopic (exact) mass is 1390 g/mol. The van der Waals surface area contributed by atoms with E-state index in [4.69, 9.17) is 51.6 Å². The van der Waals surface area contributed by atoms with Gasteiger partial charge in [0.15, 0.2) is 17.9 Å². The first-order valence-electron chi connectivity index (χ1n) is 33.1. The van der Waals surface area contributed by atoms with Crippen molar-refractivity contribution >= 4 is 88.8 Å². The number of guanidine groups is 3. The molecule has 2 aliphatic rings. The highest BCUT2D eigenvalue weighted by Gasteiger charge is 2.41. The number of nitrogens with zero attached hydrogens (tertiary/aromatic N) is 4. The van der Waals surface area contributed by atoms with E-state index in [1.807, 2.05) is 0 Å². The molecule has 2 saturated heterocycles. The van der Waals surface area contributed by atoms with Crippen LogP contribution in [0.4, 0.5) is 0 Å². The number of phenolic OH excluding ortho intramolecular Hbond substituents is 1. The van der Waals surface area contributed by atoms with Gasteiger partial charge in [-0.15, -0.1) is 0 Å². The van der Waals surface area contributed by atoms with Gasteiger partial charge in [-0.25, -0.2) is 0 Å². The van der Waals surface area contributed by atoms with Crippen LogP contribution < -0.4 is 105 Å². The summed E-state index contributed by atoms with van der Waals surface area (Å²) in [5, 5.41) is 35.9. The first kappa shape index (κ1) is 81.0. The molecule has 0 aliphatic carbocycles. The van der Waals surface area contributed by atoms with E-state index in [9.17, 15) is 62.6 Å². The number of aliphatic imine (C=N–C) groups is 3. The largest absolute Gasteiger partial charge is 0.508 e. The van der Waals surface area contributed by atoms with Crippen molar-refractivity contribution in [2.75, 3.05) is 39.3 Å². The molecular formula is C63H101N23O13. The summed E-state index contributed by atoms with van der Waals surface area (Å²) in [7, 11) is 0. The Morgan fingerprint density at radius 3 is 1.76 bits per heavy atom. The van der Waals surface area contributed by atoms with Crippen LogP contribution in [0.1, 0.15) is 115 Å². The molecule has 2 heterocycles. The third kappa shape index (κ3) is 28.3. The van der Waals surface area contributed by atoms with Gasteiger partial charge < -0.3 is 115 Å². The van der Waals surface area contributed by atoms with Crippen LogP contribution in [0.5, 0.6) is 5.75 Å². The molecule has 0 aromatic heterocycles. The van der Waals surface area contributed by atoms with E-state index < -0.39 is 156 Å². The van der Waals surface area contributed by atoms with Gasteiger partial charge in [0.05, 0.1) is 12.5 Å². The van der Waals surface area contributed by atoms with Crippen LogP contribution in [-0.4, -0.2) is 205 Å². The quantitative estimate of drug-likeness (QED) is 0.0171. The van der Waals surface area contributed by atoms with Crippen molar-refractivity contribution in [2.24, 2.45) is 72.5 Å². The third-order valence-corrected chi connectivity index (χ3v) is 16.5. The van der Waals surface area contributed by atoms with Crippen molar-refractivity contribution < 1.29 is 62.6 Å². The smallest absolute Gasteiger partial charge is 0.245 e. The van der Waals surface area contributed by atoms with E-state index in [-0.39, 0.29) is 120 Å². The zero-order valence-electron chi connectivity index (χ0n) is 56.3. The Labute approximate surface area is 574 Å². The number of likely N-dealkylation sites (tertiary alicyclic amines) is 1. The topological polar surface area (TPSA) is 620 Å². The molecule has 0 spiro atoms.